The number of hydrogen-bond donors (Lipinski definition) is 0. The lowest BCUT2D eigenvalue weighted by Crippen LogP contribution is -2.22. The van der Waals surface area contributed by atoms with Gasteiger partial charge in [0, 0.05) is 11.3 Å². The summed E-state index contributed by atoms with van der Waals surface area (Å²) < 4.78 is 2.66. The molecule has 0 unspecified atom stereocenters. The zero-order chi connectivity index (χ0) is 14.6. The van der Waals surface area contributed by atoms with E-state index in [4.69, 9.17) is 0 Å². The van der Waals surface area contributed by atoms with Crippen LogP contribution in [0.15, 0.2) is 10.7 Å². The van der Waals surface area contributed by atoms with Gasteiger partial charge in [-0.1, -0.05) is 20.8 Å². The van der Waals surface area contributed by atoms with Crippen molar-refractivity contribution >= 4 is 33.5 Å². The van der Waals surface area contributed by atoms with E-state index >= 15 is 0 Å². The number of Topliss-reactive ketones (excluding diaryl/α,β-unsaturated/α-hetero) is 1. The zero-order valence-electron chi connectivity index (χ0n) is 12.2. The van der Waals surface area contributed by atoms with Gasteiger partial charge in [-0.3, -0.25) is 9.48 Å². The predicted octanol–water partition coefficient (Wildman–Crippen LogP) is 2.92. The van der Waals surface area contributed by atoms with E-state index in [0.717, 1.165) is 17.6 Å². The lowest BCUT2D eigenvalue weighted by atomic mass is 10.3. The molecule has 0 aromatic carbocycles. The van der Waals surface area contributed by atoms with Crippen LogP contribution in [-0.2, 0) is 6.54 Å². The van der Waals surface area contributed by atoms with Gasteiger partial charge in [-0.15, -0.1) is 11.8 Å². The Balaban J connectivity index is 2.75. The molecule has 1 heterocycles. The van der Waals surface area contributed by atoms with E-state index in [0.29, 0.717) is 11.4 Å². The molecule has 0 fully saturated rings. The van der Waals surface area contributed by atoms with Gasteiger partial charge in [0.15, 0.2) is 5.78 Å². The molecule has 0 bridgehead atoms. The molecule has 0 radical (unpaired) electrons. The van der Waals surface area contributed by atoms with E-state index < -0.39 is 0 Å². The third-order valence-corrected chi connectivity index (χ3v) is 4.31. The van der Waals surface area contributed by atoms with Crippen LogP contribution in [-0.4, -0.2) is 51.6 Å². The molecule has 0 aliphatic heterocycles. The topological polar surface area (TPSA) is 38.1 Å². The molecule has 1 rings (SSSR count). The fourth-order valence-electron chi connectivity index (χ4n) is 1.45. The second-order valence-corrected chi connectivity index (χ2v) is 8.35. The number of likely N-dealkylation sites (N-methyl/N-ethyl adjacent to an activating group) is 1. The van der Waals surface area contributed by atoms with Crippen LogP contribution in [0.25, 0.3) is 0 Å². The van der Waals surface area contributed by atoms with Crippen LogP contribution in [0, 0.1) is 0 Å². The third-order valence-electron chi connectivity index (χ3n) is 2.45. The lowest BCUT2D eigenvalue weighted by molar-refractivity contribution is 0.101. The number of nitrogens with zero attached hydrogens (tertiary/aromatic N) is 3. The average Bonchev–Trinajstić information content (AvgIpc) is 2.64. The number of carbonyl (C=O) groups excluding carboxylic acids is 1. The van der Waals surface area contributed by atoms with E-state index in [9.17, 15) is 4.79 Å². The van der Waals surface area contributed by atoms with E-state index in [-0.39, 0.29) is 10.5 Å². The molecule has 0 saturated carbocycles. The van der Waals surface area contributed by atoms with E-state index in [2.05, 4.69) is 46.7 Å². The predicted molar refractivity (Wildman–Crippen MR) is 85.0 cm³/mol. The van der Waals surface area contributed by atoms with E-state index in [1.165, 1.54) is 0 Å². The average molecular weight is 348 g/mol. The zero-order valence-corrected chi connectivity index (χ0v) is 14.6. The molecule has 1 aromatic heterocycles. The van der Waals surface area contributed by atoms with Crippen LogP contribution in [0.4, 0.5) is 0 Å². The summed E-state index contributed by atoms with van der Waals surface area (Å²) in [5.74, 6) is 0.610. The standard InChI is InChI=1S/C13H22BrN3OS/c1-13(2,3)19-9-11(18)12-10(14)8-15-17(12)7-6-16(4)5/h8H,6-7,9H2,1-5H3. The highest BCUT2D eigenvalue weighted by molar-refractivity contribution is 9.10. The lowest BCUT2D eigenvalue weighted by Gasteiger charge is -2.17. The Kier molecular flexibility index (Phi) is 6.08. The number of hydrogen-bond acceptors (Lipinski definition) is 4. The Morgan fingerprint density at radius 1 is 1.47 bits per heavy atom. The van der Waals surface area contributed by atoms with E-state index in [1.807, 2.05) is 14.1 Å². The molecule has 6 heteroatoms. The quantitative estimate of drug-likeness (QED) is 0.741. The molecule has 0 saturated heterocycles. The number of ketones is 1. The second-order valence-electron chi connectivity index (χ2n) is 5.69. The summed E-state index contributed by atoms with van der Waals surface area (Å²) in [7, 11) is 4.02. The molecular weight excluding hydrogens is 326 g/mol. The maximum absolute atomic E-state index is 12.3. The molecule has 0 aliphatic rings. The Hall–Kier alpha value is -0.330. The van der Waals surface area contributed by atoms with Crippen molar-refractivity contribution < 1.29 is 4.79 Å². The fraction of sp³-hybridized carbons (Fsp3) is 0.692. The summed E-state index contributed by atoms with van der Waals surface area (Å²) in [6.07, 6.45) is 1.70. The first-order valence-electron chi connectivity index (χ1n) is 6.24. The highest BCUT2D eigenvalue weighted by Crippen LogP contribution is 2.25. The summed E-state index contributed by atoms with van der Waals surface area (Å²) in [4.78, 5) is 14.4. The maximum Gasteiger partial charge on any atom is 0.191 e. The van der Waals surface area contributed by atoms with Crippen LogP contribution in [0.3, 0.4) is 0 Å². The number of halogens is 1. The van der Waals surface area contributed by atoms with Gasteiger partial charge in [-0.25, -0.2) is 0 Å². The highest BCUT2D eigenvalue weighted by atomic mass is 79.9. The number of thioether (sulfide) groups is 1. The van der Waals surface area contributed by atoms with Crippen molar-refractivity contribution in [3.05, 3.63) is 16.4 Å². The van der Waals surface area contributed by atoms with Gasteiger partial charge >= 0.3 is 0 Å². The normalized spacial score (nSPS) is 12.2. The van der Waals surface area contributed by atoms with Crippen molar-refractivity contribution in [1.82, 2.24) is 14.7 Å². The minimum absolute atomic E-state index is 0.0939. The van der Waals surface area contributed by atoms with Crippen LogP contribution < -0.4 is 0 Å². The van der Waals surface area contributed by atoms with Crippen molar-refractivity contribution in [1.29, 1.82) is 0 Å². The molecule has 19 heavy (non-hydrogen) atoms. The first-order chi connectivity index (χ1) is 8.70. The second kappa shape index (κ2) is 6.90. The van der Waals surface area contributed by atoms with Crippen LogP contribution >= 0.6 is 27.7 Å². The van der Waals surface area contributed by atoms with Crippen molar-refractivity contribution in [2.75, 3.05) is 26.4 Å². The van der Waals surface area contributed by atoms with Gasteiger partial charge in [0.1, 0.15) is 5.69 Å². The summed E-state index contributed by atoms with van der Waals surface area (Å²) in [6, 6.07) is 0. The molecule has 108 valence electrons. The largest absolute Gasteiger partial charge is 0.308 e. The van der Waals surface area contributed by atoms with Gasteiger partial charge in [-0.05, 0) is 30.0 Å². The molecule has 0 N–H and O–H groups in total. The molecule has 0 aliphatic carbocycles. The fourth-order valence-corrected chi connectivity index (χ4v) is 2.67. The van der Waals surface area contributed by atoms with Crippen LogP contribution in [0.1, 0.15) is 31.3 Å². The molecule has 0 amide bonds. The minimum Gasteiger partial charge on any atom is -0.308 e. The Labute approximate surface area is 128 Å². The monoisotopic (exact) mass is 347 g/mol. The van der Waals surface area contributed by atoms with Crippen LogP contribution in [0.2, 0.25) is 0 Å². The van der Waals surface area contributed by atoms with Crippen molar-refractivity contribution in [3.63, 3.8) is 0 Å². The molecule has 0 atom stereocenters. The Morgan fingerprint density at radius 2 is 2.11 bits per heavy atom. The first kappa shape index (κ1) is 16.7. The number of aromatic nitrogens is 2. The van der Waals surface area contributed by atoms with E-state index in [1.54, 1.807) is 22.6 Å². The Bertz CT molecular complexity index is 438. The van der Waals surface area contributed by atoms with Gasteiger partial charge < -0.3 is 4.90 Å². The summed E-state index contributed by atoms with van der Waals surface area (Å²) in [6.45, 7) is 7.93. The Morgan fingerprint density at radius 3 is 2.63 bits per heavy atom. The highest BCUT2D eigenvalue weighted by Gasteiger charge is 2.20. The number of carbonyl (C=O) groups is 1. The minimum atomic E-state index is 0.0939. The molecule has 4 nitrogen and oxygen atoms in total. The number of rotatable bonds is 6. The van der Waals surface area contributed by atoms with Gasteiger partial charge in [0.05, 0.1) is 23.0 Å². The molecule has 1 aromatic rings. The van der Waals surface area contributed by atoms with Crippen molar-refractivity contribution in [2.24, 2.45) is 0 Å². The summed E-state index contributed by atoms with van der Waals surface area (Å²) in [5.41, 5.74) is 0.679. The first-order valence-corrected chi connectivity index (χ1v) is 8.02. The van der Waals surface area contributed by atoms with Crippen molar-refractivity contribution in [3.8, 4) is 0 Å². The molecule has 0 spiro atoms. The van der Waals surface area contributed by atoms with Gasteiger partial charge in [-0.2, -0.15) is 5.10 Å². The molecular formula is C13H22BrN3OS. The maximum atomic E-state index is 12.3. The SMILES string of the molecule is CN(C)CCn1ncc(Br)c1C(=O)CSC(C)(C)C. The van der Waals surface area contributed by atoms with Crippen LogP contribution in [0.5, 0.6) is 0 Å². The van der Waals surface area contributed by atoms with Crippen molar-refractivity contribution in [2.45, 2.75) is 32.1 Å². The van der Waals surface area contributed by atoms with Gasteiger partial charge in [0.2, 0.25) is 0 Å². The summed E-state index contributed by atoms with van der Waals surface area (Å²) >= 11 is 5.08. The smallest absolute Gasteiger partial charge is 0.191 e. The summed E-state index contributed by atoms with van der Waals surface area (Å²) in [5, 5.41) is 4.27. The van der Waals surface area contributed by atoms with Gasteiger partial charge in [0.25, 0.3) is 0 Å². The third kappa shape index (κ3) is 5.67.